The van der Waals surface area contributed by atoms with E-state index in [1.807, 2.05) is 72.8 Å². The fourth-order valence-electron chi connectivity index (χ4n) is 4.47. The van der Waals surface area contributed by atoms with Crippen LogP contribution in [0.4, 0.5) is 16.2 Å². The summed E-state index contributed by atoms with van der Waals surface area (Å²) in [5.74, 6) is -0.230. The highest BCUT2D eigenvalue weighted by molar-refractivity contribution is 6.00. The van der Waals surface area contributed by atoms with Gasteiger partial charge in [0.2, 0.25) is 11.8 Å². The molecule has 0 saturated carbocycles. The number of amides is 3. The summed E-state index contributed by atoms with van der Waals surface area (Å²) < 4.78 is 5.44. The smallest absolute Gasteiger partial charge is 0.410 e. The molecule has 3 aromatic carbocycles. The molecule has 7 heteroatoms. The maximum atomic E-state index is 13.0. The van der Waals surface area contributed by atoms with E-state index in [2.05, 4.69) is 10.6 Å². The van der Waals surface area contributed by atoms with Gasteiger partial charge in [0.05, 0.1) is 6.42 Å². The highest BCUT2D eigenvalue weighted by Gasteiger charge is 2.35. The SMILES string of the molecule is O=C1Cc2cc(-c3cccc(NC(=O)[C@@H]4CCCN4C(=O)OCc4ccccc4)c3)ccc2N1. The molecule has 0 spiro atoms. The first-order valence-electron chi connectivity index (χ1n) is 11.4. The molecule has 1 saturated heterocycles. The van der Waals surface area contributed by atoms with E-state index < -0.39 is 12.1 Å². The Morgan fingerprint density at radius 3 is 2.68 bits per heavy atom. The third-order valence-electron chi connectivity index (χ3n) is 6.19. The minimum Gasteiger partial charge on any atom is -0.445 e. The summed E-state index contributed by atoms with van der Waals surface area (Å²) in [6.45, 7) is 0.669. The molecular formula is C27H25N3O4. The number of carbonyl (C=O) groups is 3. The van der Waals surface area contributed by atoms with Crippen LogP contribution in [0.3, 0.4) is 0 Å². The lowest BCUT2D eigenvalue weighted by atomic mass is 10.0. The van der Waals surface area contributed by atoms with Crippen LogP contribution in [0.5, 0.6) is 0 Å². The minimum atomic E-state index is -0.566. The van der Waals surface area contributed by atoms with Crippen molar-refractivity contribution < 1.29 is 19.1 Å². The summed E-state index contributed by atoms with van der Waals surface area (Å²) in [5, 5.41) is 5.80. The molecule has 34 heavy (non-hydrogen) atoms. The third-order valence-corrected chi connectivity index (χ3v) is 6.19. The number of likely N-dealkylation sites (tertiary alicyclic amines) is 1. The summed E-state index contributed by atoms with van der Waals surface area (Å²) in [4.78, 5) is 38.8. The molecule has 2 N–H and O–H groups in total. The largest absolute Gasteiger partial charge is 0.445 e. The zero-order valence-corrected chi connectivity index (χ0v) is 18.6. The standard InChI is InChI=1S/C27H25N3O4/c31-25-16-21-14-20(11-12-23(21)29-25)19-8-4-9-22(15-19)28-26(32)24-10-5-13-30(24)27(33)34-17-18-6-2-1-3-7-18/h1-4,6-9,11-12,14-15,24H,5,10,13,16-17H2,(H,28,32)(H,29,31)/t24-/m0/s1. The van der Waals surface area contributed by atoms with Crippen molar-refractivity contribution in [2.24, 2.45) is 0 Å². The predicted octanol–water partition coefficient (Wildman–Crippen LogP) is 4.59. The molecular weight excluding hydrogens is 430 g/mol. The molecule has 7 nitrogen and oxygen atoms in total. The van der Waals surface area contributed by atoms with Gasteiger partial charge in [0.15, 0.2) is 0 Å². The van der Waals surface area contributed by atoms with Gasteiger partial charge in [-0.3, -0.25) is 14.5 Å². The van der Waals surface area contributed by atoms with Gasteiger partial charge in [0, 0.05) is 17.9 Å². The van der Waals surface area contributed by atoms with E-state index in [0.717, 1.165) is 34.4 Å². The minimum absolute atomic E-state index is 0.00317. The summed E-state index contributed by atoms with van der Waals surface area (Å²) in [6, 6.07) is 22.3. The number of nitrogens with zero attached hydrogens (tertiary/aromatic N) is 1. The summed E-state index contributed by atoms with van der Waals surface area (Å²) in [6.07, 6.45) is 1.24. The van der Waals surface area contributed by atoms with Crippen molar-refractivity contribution in [3.8, 4) is 11.1 Å². The average molecular weight is 456 g/mol. The zero-order valence-electron chi connectivity index (χ0n) is 18.6. The Morgan fingerprint density at radius 2 is 1.82 bits per heavy atom. The van der Waals surface area contributed by atoms with E-state index in [0.29, 0.717) is 25.1 Å². The van der Waals surface area contributed by atoms with Crippen LogP contribution < -0.4 is 10.6 Å². The Kier molecular flexibility index (Phi) is 5.99. The van der Waals surface area contributed by atoms with E-state index in [1.54, 1.807) is 0 Å². The number of fused-ring (bicyclic) bond motifs is 1. The Bertz CT molecular complexity index is 1240. The van der Waals surface area contributed by atoms with Gasteiger partial charge in [0.25, 0.3) is 0 Å². The lowest BCUT2D eigenvalue weighted by Crippen LogP contribution is -2.43. The van der Waals surface area contributed by atoms with Gasteiger partial charge in [-0.05, 0) is 59.4 Å². The maximum Gasteiger partial charge on any atom is 0.410 e. The number of hydrogen-bond acceptors (Lipinski definition) is 4. The Balaban J connectivity index is 1.24. The van der Waals surface area contributed by atoms with Crippen molar-refractivity contribution in [3.63, 3.8) is 0 Å². The number of nitrogens with one attached hydrogen (secondary N) is 2. The highest BCUT2D eigenvalue weighted by Crippen LogP contribution is 2.30. The highest BCUT2D eigenvalue weighted by atomic mass is 16.6. The maximum absolute atomic E-state index is 13.0. The van der Waals surface area contributed by atoms with E-state index in [4.69, 9.17) is 4.74 Å². The van der Waals surface area contributed by atoms with Crippen LogP contribution in [0.25, 0.3) is 11.1 Å². The van der Waals surface area contributed by atoms with Crippen LogP contribution in [-0.2, 0) is 27.4 Å². The lowest BCUT2D eigenvalue weighted by Gasteiger charge is -2.23. The second-order valence-electron chi connectivity index (χ2n) is 8.56. The molecule has 1 fully saturated rings. The fourth-order valence-corrected chi connectivity index (χ4v) is 4.47. The first-order valence-corrected chi connectivity index (χ1v) is 11.4. The molecule has 0 unspecified atom stereocenters. The van der Waals surface area contributed by atoms with Crippen molar-refractivity contribution in [1.82, 2.24) is 4.90 Å². The molecule has 5 rings (SSSR count). The van der Waals surface area contributed by atoms with Crippen LogP contribution in [0.2, 0.25) is 0 Å². The van der Waals surface area contributed by atoms with Gasteiger partial charge < -0.3 is 15.4 Å². The summed E-state index contributed by atoms with van der Waals surface area (Å²) >= 11 is 0. The van der Waals surface area contributed by atoms with Crippen LogP contribution in [0.1, 0.15) is 24.0 Å². The number of carbonyl (C=O) groups excluding carboxylic acids is 3. The topological polar surface area (TPSA) is 87.7 Å². The Morgan fingerprint density at radius 1 is 1.00 bits per heavy atom. The van der Waals surface area contributed by atoms with Gasteiger partial charge in [0.1, 0.15) is 12.6 Å². The molecule has 2 aliphatic rings. The van der Waals surface area contributed by atoms with Crippen molar-refractivity contribution in [1.29, 1.82) is 0 Å². The van der Waals surface area contributed by atoms with Crippen molar-refractivity contribution in [2.45, 2.75) is 31.9 Å². The number of ether oxygens (including phenoxy) is 1. The monoisotopic (exact) mass is 455 g/mol. The normalized spacial score (nSPS) is 16.6. The van der Waals surface area contributed by atoms with Crippen molar-refractivity contribution >= 4 is 29.3 Å². The first kappa shape index (κ1) is 21.7. The molecule has 172 valence electrons. The van der Waals surface area contributed by atoms with Gasteiger partial charge in [-0.2, -0.15) is 0 Å². The second-order valence-corrected chi connectivity index (χ2v) is 8.56. The van der Waals surface area contributed by atoms with E-state index in [1.165, 1.54) is 4.90 Å². The van der Waals surface area contributed by atoms with Crippen molar-refractivity contribution in [3.05, 3.63) is 83.9 Å². The van der Waals surface area contributed by atoms with Gasteiger partial charge in [-0.25, -0.2) is 4.79 Å². The van der Waals surface area contributed by atoms with Gasteiger partial charge in [-0.1, -0.05) is 48.5 Å². The molecule has 0 aromatic heterocycles. The molecule has 0 radical (unpaired) electrons. The molecule has 1 atom stereocenters. The number of rotatable bonds is 5. The predicted molar refractivity (Wildman–Crippen MR) is 129 cm³/mol. The van der Waals surface area contributed by atoms with Gasteiger partial charge in [-0.15, -0.1) is 0 Å². The number of anilines is 2. The fraction of sp³-hybridized carbons (Fsp3) is 0.222. The molecule has 2 heterocycles. The first-order chi connectivity index (χ1) is 16.6. The molecule has 0 aliphatic carbocycles. The van der Waals surface area contributed by atoms with Gasteiger partial charge >= 0.3 is 6.09 Å². The van der Waals surface area contributed by atoms with Crippen molar-refractivity contribution in [2.75, 3.05) is 17.2 Å². The van der Waals surface area contributed by atoms with Crippen LogP contribution in [-0.4, -0.2) is 35.4 Å². The second kappa shape index (κ2) is 9.39. The molecule has 3 aromatic rings. The summed E-state index contributed by atoms with van der Waals surface area (Å²) in [5.41, 5.74) is 5.27. The third kappa shape index (κ3) is 4.64. The Labute approximate surface area is 197 Å². The van der Waals surface area contributed by atoms with Crippen LogP contribution in [0, 0.1) is 0 Å². The molecule has 0 bridgehead atoms. The van der Waals surface area contributed by atoms with E-state index >= 15 is 0 Å². The molecule has 3 amide bonds. The van der Waals surface area contributed by atoms with E-state index in [-0.39, 0.29) is 18.4 Å². The van der Waals surface area contributed by atoms with Crippen LogP contribution >= 0.6 is 0 Å². The summed E-state index contributed by atoms with van der Waals surface area (Å²) in [7, 11) is 0. The Hall–Kier alpha value is -4.13. The average Bonchev–Trinajstić information content (AvgIpc) is 3.49. The lowest BCUT2D eigenvalue weighted by molar-refractivity contribution is -0.120. The number of benzene rings is 3. The zero-order chi connectivity index (χ0) is 23.5. The number of hydrogen-bond donors (Lipinski definition) is 2. The molecule has 2 aliphatic heterocycles. The quantitative estimate of drug-likeness (QED) is 0.589. The van der Waals surface area contributed by atoms with Crippen LogP contribution in [0.15, 0.2) is 72.8 Å². The van der Waals surface area contributed by atoms with E-state index in [9.17, 15) is 14.4 Å².